The smallest absolute Gasteiger partial charge is 0.302 e. The Morgan fingerprint density at radius 1 is 1.00 bits per heavy atom. The summed E-state index contributed by atoms with van der Waals surface area (Å²) in [6.07, 6.45) is 0. The summed E-state index contributed by atoms with van der Waals surface area (Å²) in [5.74, 6) is -5.57. The lowest BCUT2D eigenvalue weighted by Gasteiger charge is -2.08. The number of hydrogen-bond donors (Lipinski definition) is 1. The van der Waals surface area contributed by atoms with E-state index in [4.69, 9.17) is 4.74 Å². The predicted octanol–water partition coefficient (Wildman–Crippen LogP) is 3.42. The van der Waals surface area contributed by atoms with Crippen molar-refractivity contribution >= 4 is 17.6 Å². The van der Waals surface area contributed by atoms with Crippen LogP contribution in [0.2, 0.25) is 0 Å². The first-order valence-electron chi connectivity index (χ1n) is 6.55. The molecule has 0 fully saturated rings. The van der Waals surface area contributed by atoms with Gasteiger partial charge in [0.2, 0.25) is 0 Å². The Morgan fingerprint density at radius 2 is 1.65 bits per heavy atom. The summed E-state index contributed by atoms with van der Waals surface area (Å²) in [6.45, 7) is 1.34. The molecule has 0 saturated carbocycles. The summed E-state index contributed by atoms with van der Waals surface area (Å²) in [7, 11) is 0. The third-order valence-corrected chi connectivity index (χ3v) is 2.94. The molecule has 0 aliphatic carbocycles. The Labute approximate surface area is 129 Å². The number of amides is 1. The van der Waals surface area contributed by atoms with Gasteiger partial charge >= 0.3 is 5.97 Å². The molecule has 0 spiro atoms. The Bertz CT molecular complexity index is 745. The van der Waals surface area contributed by atoms with Crippen LogP contribution < -0.4 is 5.32 Å². The van der Waals surface area contributed by atoms with Gasteiger partial charge in [-0.05, 0) is 29.8 Å². The fourth-order valence-electron chi connectivity index (χ4n) is 1.75. The van der Waals surface area contributed by atoms with Crippen LogP contribution in [0.15, 0.2) is 36.4 Å². The van der Waals surface area contributed by atoms with E-state index < -0.39 is 35.0 Å². The molecule has 2 rings (SSSR count). The van der Waals surface area contributed by atoms with Crippen molar-refractivity contribution in [2.75, 3.05) is 5.32 Å². The van der Waals surface area contributed by atoms with E-state index in [1.54, 1.807) is 12.1 Å². The SMILES string of the molecule is CC(=O)OCc1ccc(C(=O)Nc2ccc(F)c(F)c2F)cc1. The number of anilines is 1. The molecule has 0 atom stereocenters. The molecule has 0 radical (unpaired) electrons. The van der Waals surface area contributed by atoms with Crippen molar-refractivity contribution in [1.82, 2.24) is 0 Å². The van der Waals surface area contributed by atoms with Gasteiger partial charge in [-0.3, -0.25) is 9.59 Å². The van der Waals surface area contributed by atoms with Crippen molar-refractivity contribution in [3.8, 4) is 0 Å². The normalized spacial score (nSPS) is 10.3. The van der Waals surface area contributed by atoms with Crippen molar-refractivity contribution in [3.05, 3.63) is 65.0 Å². The maximum absolute atomic E-state index is 13.5. The number of carbonyl (C=O) groups excluding carboxylic acids is 2. The molecule has 7 heteroatoms. The molecule has 0 unspecified atom stereocenters. The van der Waals surface area contributed by atoms with Gasteiger partial charge in [-0.15, -0.1) is 0 Å². The number of ether oxygens (including phenoxy) is 1. The highest BCUT2D eigenvalue weighted by atomic mass is 19.2. The maximum Gasteiger partial charge on any atom is 0.302 e. The summed E-state index contributed by atoms with van der Waals surface area (Å²) >= 11 is 0. The Hall–Kier alpha value is -2.83. The first-order valence-corrected chi connectivity index (χ1v) is 6.55. The number of nitrogens with one attached hydrogen (secondary N) is 1. The number of carbonyl (C=O) groups is 2. The molecule has 0 saturated heterocycles. The Kier molecular flexibility index (Phi) is 5.00. The van der Waals surface area contributed by atoms with Crippen molar-refractivity contribution < 1.29 is 27.5 Å². The van der Waals surface area contributed by atoms with Crippen molar-refractivity contribution in [1.29, 1.82) is 0 Å². The molecule has 0 aliphatic heterocycles. The molecule has 0 bridgehead atoms. The number of esters is 1. The number of rotatable bonds is 4. The monoisotopic (exact) mass is 323 g/mol. The second-order valence-corrected chi connectivity index (χ2v) is 4.65. The quantitative estimate of drug-likeness (QED) is 0.693. The van der Waals surface area contributed by atoms with Crippen molar-refractivity contribution in [2.45, 2.75) is 13.5 Å². The van der Waals surface area contributed by atoms with Gasteiger partial charge in [-0.2, -0.15) is 0 Å². The molecular formula is C16H12F3NO3. The highest BCUT2D eigenvalue weighted by Crippen LogP contribution is 2.20. The van der Waals surface area contributed by atoms with E-state index in [1.165, 1.54) is 19.1 Å². The summed E-state index contributed by atoms with van der Waals surface area (Å²) < 4.78 is 44.2. The number of hydrogen-bond acceptors (Lipinski definition) is 3. The average Bonchev–Trinajstić information content (AvgIpc) is 2.54. The topological polar surface area (TPSA) is 55.4 Å². The van der Waals surface area contributed by atoms with Gasteiger partial charge in [0.05, 0.1) is 5.69 Å². The van der Waals surface area contributed by atoms with E-state index in [2.05, 4.69) is 5.32 Å². The maximum atomic E-state index is 13.5. The van der Waals surface area contributed by atoms with Crippen LogP contribution in [0.4, 0.5) is 18.9 Å². The number of halogens is 3. The Morgan fingerprint density at radius 3 is 2.26 bits per heavy atom. The summed E-state index contributed by atoms with van der Waals surface area (Å²) in [6, 6.07) is 7.63. The van der Waals surface area contributed by atoms with Crippen LogP contribution in [0.25, 0.3) is 0 Å². The first-order chi connectivity index (χ1) is 10.9. The van der Waals surface area contributed by atoms with Gasteiger partial charge < -0.3 is 10.1 Å². The predicted molar refractivity (Wildman–Crippen MR) is 76.2 cm³/mol. The fraction of sp³-hybridized carbons (Fsp3) is 0.125. The zero-order chi connectivity index (χ0) is 17.0. The molecule has 0 aromatic heterocycles. The summed E-state index contributed by atoms with van der Waals surface area (Å²) in [5, 5.41) is 2.16. The number of benzene rings is 2. The van der Waals surface area contributed by atoms with Crippen LogP contribution in [0.1, 0.15) is 22.8 Å². The van der Waals surface area contributed by atoms with E-state index in [0.29, 0.717) is 5.56 Å². The minimum atomic E-state index is -1.65. The van der Waals surface area contributed by atoms with Gasteiger partial charge in [-0.1, -0.05) is 12.1 Å². The summed E-state index contributed by atoms with van der Waals surface area (Å²) in [4.78, 5) is 22.7. The second kappa shape index (κ2) is 6.95. The van der Waals surface area contributed by atoms with Crippen LogP contribution in [-0.2, 0) is 16.1 Å². The van der Waals surface area contributed by atoms with E-state index in [0.717, 1.165) is 12.1 Å². The van der Waals surface area contributed by atoms with Crippen LogP contribution >= 0.6 is 0 Å². The van der Waals surface area contributed by atoms with Crippen LogP contribution in [0, 0.1) is 17.5 Å². The largest absolute Gasteiger partial charge is 0.461 e. The minimum Gasteiger partial charge on any atom is -0.461 e. The lowest BCUT2D eigenvalue weighted by atomic mass is 10.1. The van der Waals surface area contributed by atoms with E-state index in [9.17, 15) is 22.8 Å². The van der Waals surface area contributed by atoms with Crippen molar-refractivity contribution in [3.63, 3.8) is 0 Å². The highest BCUT2D eigenvalue weighted by Gasteiger charge is 2.16. The lowest BCUT2D eigenvalue weighted by Crippen LogP contribution is -2.14. The average molecular weight is 323 g/mol. The lowest BCUT2D eigenvalue weighted by molar-refractivity contribution is -0.142. The van der Waals surface area contributed by atoms with E-state index in [-0.39, 0.29) is 12.2 Å². The van der Waals surface area contributed by atoms with Gasteiger partial charge in [-0.25, -0.2) is 13.2 Å². The molecule has 1 amide bonds. The standard InChI is InChI=1S/C16H12F3NO3/c1-9(21)23-8-10-2-4-11(5-3-10)16(22)20-13-7-6-12(17)14(18)15(13)19/h2-7H,8H2,1H3,(H,20,22). The van der Waals surface area contributed by atoms with Gasteiger partial charge in [0.15, 0.2) is 17.5 Å². The van der Waals surface area contributed by atoms with E-state index >= 15 is 0 Å². The zero-order valence-electron chi connectivity index (χ0n) is 12.0. The highest BCUT2D eigenvalue weighted by molar-refractivity contribution is 6.04. The summed E-state index contributed by atoms with van der Waals surface area (Å²) in [5.41, 5.74) is 0.384. The molecule has 4 nitrogen and oxygen atoms in total. The van der Waals surface area contributed by atoms with Gasteiger partial charge in [0, 0.05) is 12.5 Å². The second-order valence-electron chi connectivity index (χ2n) is 4.65. The molecule has 120 valence electrons. The molecule has 1 N–H and O–H groups in total. The van der Waals surface area contributed by atoms with Gasteiger partial charge in [0.25, 0.3) is 5.91 Å². The molecule has 2 aromatic carbocycles. The van der Waals surface area contributed by atoms with Crippen LogP contribution in [0.5, 0.6) is 0 Å². The first kappa shape index (κ1) is 16.5. The Balaban J connectivity index is 2.09. The van der Waals surface area contributed by atoms with Crippen LogP contribution in [-0.4, -0.2) is 11.9 Å². The zero-order valence-corrected chi connectivity index (χ0v) is 12.0. The third kappa shape index (κ3) is 4.09. The minimum absolute atomic E-state index is 0.0645. The molecule has 23 heavy (non-hydrogen) atoms. The van der Waals surface area contributed by atoms with Crippen LogP contribution in [0.3, 0.4) is 0 Å². The molecule has 0 aliphatic rings. The van der Waals surface area contributed by atoms with E-state index in [1.807, 2.05) is 0 Å². The fourth-order valence-corrected chi connectivity index (χ4v) is 1.75. The third-order valence-electron chi connectivity index (χ3n) is 2.94. The molecular weight excluding hydrogens is 311 g/mol. The molecule has 2 aromatic rings. The van der Waals surface area contributed by atoms with Crippen molar-refractivity contribution in [2.24, 2.45) is 0 Å². The van der Waals surface area contributed by atoms with Gasteiger partial charge in [0.1, 0.15) is 6.61 Å². The molecule has 0 heterocycles.